The second-order valence-corrected chi connectivity index (χ2v) is 2.41. The zero-order chi connectivity index (χ0) is 8.36. The van der Waals surface area contributed by atoms with Gasteiger partial charge < -0.3 is 5.21 Å². The van der Waals surface area contributed by atoms with E-state index >= 15 is 0 Å². The summed E-state index contributed by atoms with van der Waals surface area (Å²) in [4.78, 5) is 0. The molecule has 1 aliphatic rings. The van der Waals surface area contributed by atoms with E-state index in [1.807, 2.05) is 0 Å². The standard InChI is InChI=1S/C8H12.CH3NO/c1-2-4-6-8-7-5-3-1;1-2-3/h1-6H2;3H,1H2. The van der Waals surface area contributed by atoms with Crippen molar-refractivity contribution in [1.82, 2.24) is 0 Å². The second-order valence-electron chi connectivity index (χ2n) is 2.41. The first-order valence-electron chi connectivity index (χ1n) is 3.97. The molecular formula is C9H15NO. The molecule has 1 rings (SSSR count). The van der Waals surface area contributed by atoms with Crippen molar-refractivity contribution in [1.29, 1.82) is 0 Å². The summed E-state index contributed by atoms with van der Waals surface area (Å²) in [5, 5.41) is 9.33. The highest BCUT2D eigenvalue weighted by molar-refractivity contribution is 5.20. The van der Waals surface area contributed by atoms with Gasteiger partial charge in [-0.3, -0.25) is 0 Å². The summed E-state index contributed by atoms with van der Waals surface area (Å²) in [6.45, 7) is 2.67. The Morgan fingerprint density at radius 3 is 1.73 bits per heavy atom. The molecule has 0 aromatic rings. The van der Waals surface area contributed by atoms with Crippen molar-refractivity contribution >= 4 is 6.72 Å². The molecule has 0 saturated heterocycles. The van der Waals surface area contributed by atoms with E-state index in [0.717, 1.165) is 12.8 Å². The van der Waals surface area contributed by atoms with Crippen LogP contribution in [-0.2, 0) is 0 Å². The van der Waals surface area contributed by atoms with Crippen molar-refractivity contribution in [3.05, 3.63) is 0 Å². The highest BCUT2D eigenvalue weighted by Gasteiger charge is 1.89. The summed E-state index contributed by atoms with van der Waals surface area (Å²) in [5.41, 5.74) is 0. The molecular weight excluding hydrogens is 138 g/mol. The van der Waals surface area contributed by atoms with Crippen molar-refractivity contribution in [3.63, 3.8) is 0 Å². The maximum absolute atomic E-state index is 7.08. The van der Waals surface area contributed by atoms with E-state index in [0.29, 0.717) is 0 Å². The number of hydrogen-bond acceptors (Lipinski definition) is 2. The quantitative estimate of drug-likeness (QED) is 0.246. The molecule has 0 unspecified atom stereocenters. The molecule has 0 radical (unpaired) electrons. The van der Waals surface area contributed by atoms with Gasteiger partial charge in [-0.2, -0.15) is 0 Å². The zero-order valence-electron chi connectivity index (χ0n) is 6.84. The summed E-state index contributed by atoms with van der Waals surface area (Å²) in [5.74, 6) is 6.27. The largest absolute Gasteiger partial charge is 0.411 e. The van der Waals surface area contributed by atoms with E-state index in [4.69, 9.17) is 5.21 Å². The number of oxime groups is 1. The lowest BCUT2D eigenvalue weighted by Crippen LogP contribution is -1.80. The van der Waals surface area contributed by atoms with E-state index in [2.05, 4.69) is 23.7 Å². The van der Waals surface area contributed by atoms with Gasteiger partial charge in [-0.25, -0.2) is 0 Å². The molecule has 0 bridgehead atoms. The normalized spacial score (nSPS) is 15.6. The molecule has 0 saturated carbocycles. The molecule has 0 aliphatic heterocycles. The van der Waals surface area contributed by atoms with E-state index in [1.165, 1.54) is 25.7 Å². The first-order valence-corrected chi connectivity index (χ1v) is 3.97. The molecule has 0 amide bonds. The van der Waals surface area contributed by atoms with Crippen LogP contribution in [0.1, 0.15) is 38.5 Å². The van der Waals surface area contributed by atoms with Crippen LogP contribution >= 0.6 is 0 Å². The van der Waals surface area contributed by atoms with Gasteiger partial charge in [-0.15, -0.1) is 17.0 Å². The van der Waals surface area contributed by atoms with Crippen LogP contribution < -0.4 is 0 Å². The molecule has 2 heteroatoms. The number of hydrogen-bond donors (Lipinski definition) is 1. The Morgan fingerprint density at radius 2 is 1.36 bits per heavy atom. The Morgan fingerprint density at radius 1 is 1.00 bits per heavy atom. The zero-order valence-corrected chi connectivity index (χ0v) is 6.84. The van der Waals surface area contributed by atoms with Crippen molar-refractivity contribution < 1.29 is 5.21 Å². The maximum Gasteiger partial charge on any atom is 0.0298 e. The van der Waals surface area contributed by atoms with Gasteiger partial charge in [0.15, 0.2) is 0 Å². The third kappa shape index (κ3) is 9.03. The Labute approximate surface area is 68.3 Å². The molecule has 62 valence electrons. The lowest BCUT2D eigenvalue weighted by molar-refractivity contribution is 0.323. The van der Waals surface area contributed by atoms with Gasteiger partial charge >= 0.3 is 0 Å². The summed E-state index contributed by atoms with van der Waals surface area (Å²) in [7, 11) is 0. The van der Waals surface area contributed by atoms with Crippen LogP contribution in [0.3, 0.4) is 0 Å². The summed E-state index contributed by atoms with van der Waals surface area (Å²) in [6, 6.07) is 0. The van der Waals surface area contributed by atoms with Crippen LogP contribution in [0.2, 0.25) is 0 Å². The van der Waals surface area contributed by atoms with Gasteiger partial charge in [0, 0.05) is 19.6 Å². The Bertz CT molecular complexity index is 131. The third-order valence-corrected chi connectivity index (χ3v) is 1.48. The predicted octanol–water partition coefficient (Wildman–Crippen LogP) is 2.42. The molecule has 0 aromatic carbocycles. The first-order chi connectivity index (χ1) is 5.41. The van der Waals surface area contributed by atoms with Crippen molar-refractivity contribution in [2.75, 3.05) is 0 Å². The SMILES string of the molecule is C1#CCCCCCC1.C=NO. The van der Waals surface area contributed by atoms with Crippen LogP contribution in [0.4, 0.5) is 0 Å². The van der Waals surface area contributed by atoms with Gasteiger partial charge in [0.25, 0.3) is 0 Å². The lowest BCUT2D eigenvalue weighted by Gasteiger charge is -1.97. The number of rotatable bonds is 0. The average Bonchev–Trinajstić information content (AvgIpc) is 1.86. The first kappa shape index (κ1) is 10.0. The smallest absolute Gasteiger partial charge is 0.0298 e. The van der Waals surface area contributed by atoms with Crippen LogP contribution in [0.15, 0.2) is 5.16 Å². The minimum Gasteiger partial charge on any atom is -0.411 e. The molecule has 11 heavy (non-hydrogen) atoms. The van der Waals surface area contributed by atoms with Gasteiger partial charge in [-0.05, 0) is 12.8 Å². The van der Waals surface area contributed by atoms with E-state index in [1.54, 1.807) is 0 Å². The second kappa shape index (κ2) is 9.03. The lowest BCUT2D eigenvalue weighted by atomic mass is 10.1. The minimum absolute atomic E-state index is 1.14. The minimum atomic E-state index is 1.14. The summed E-state index contributed by atoms with van der Waals surface area (Å²) in [6.07, 6.45) is 7.73. The van der Waals surface area contributed by atoms with Crippen LogP contribution in [0.25, 0.3) is 0 Å². The molecule has 0 atom stereocenters. The average molecular weight is 153 g/mol. The molecule has 0 aromatic heterocycles. The summed E-state index contributed by atoms with van der Waals surface area (Å²) < 4.78 is 0. The van der Waals surface area contributed by atoms with Crippen LogP contribution in [0, 0.1) is 11.8 Å². The number of nitrogens with zero attached hydrogens (tertiary/aromatic N) is 1. The van der Waals surface area contributed by atoms with Gasteiger partial charge in [0.1, 0.15) is 0 Å². The molecule has 2 nitrogen and oxygen atoms in total. The molecule has 0 heterocycles. The van der Waals surface area contributed by atoms with Crippen LogP contribution in [-0.4, -0.2) is 11.9 Å². The summed E-state index contributed by atoms with van der Waals surface area (Å²) >= 11 is 0. The van der Waals surface area contributed by atoms with Crippen molar-refractivity contribution in [2.45, 2.75) is 38.5 Å². The topological polar surface area (TPSA) is 32.6 Å². The fraction of sp³-hybridized carbons (Fsp3) is 0.667. The third-order valence-electron chi connectivity index (χ3n) is 1.48. The van der Waals surface area contributed by atoms with Crippen molar-refractivity contribution in [2.24, 2.45) is 5.16 Å². The van der Waals surface area contributed by atoms with E-state index in [9.17, 15) is 0 Å². The molecule has 0 spiro atoms. The predicted molar refractivity (Wildman–Crippen MR) is 46.8 cm³/mol. The monoisotopic (exact) mass is 153 g/mol. The van der Waals surface area contributed by atoms with Crippen molar-refractivity contribution in [3.8, 4) is 11.8 Å². The fourth-order valence-corrected chi connectivity index (χ4v) is 0.957. The fourth-order valence-electron chi connectivity index (χ4n) is 0.957. The highest BCUT2D eigenvalue weighted by Crippen LogP contribution is 2.06. The van der Waals surface area contributed by atoms with Gasteiger partial charge in [0.05, 0.1) is 0 Å². The maximum atomic E-state index is 7.08. The molecule has 1 N–H and O–H groups in total. The van der Waals surface area contributed by atoms with E-state index in [-0.39, 0.29) is 0 Å². The molecule has 1 aliphatic carbocycles. The van der Waals surface area contributed by atoms with Gasteiger partial charge in [0.2, 0.25) is 0 Å². The Hall–Kier alpha value is -0.970. The van der Waals surface area contributed by atoms with Gasteiger partial charge in [-0.1, -0.05) is 12.8 Å². The highest BCUT2D eigenvalue weighted by atomic mass is 16.4. The van der Waals surface area contributed by atoms with E-state index < -0.39 is 0 Å². The van der Waals surface area contributed by atoms with Crippen LogP contribution in [0.5, 0.6) is 0 Å². The Kier molecular flexibility index (Phi) is 8.23. The molecule has 0 fully saturated rings. The Balaban J connectivity index is 0.000000292.